The van der Waals surface area contributed by atoms with Crippen molar-refractivity contribution in [2.45, 2.75) is 45.6 Å². The molecule has 1 aliphatic heterocycles. The van der Waals surface area contributed by atoms with Gasteiger partial charge in [0.25, 0.3) is 0 Å². The van der Waals surface area contributed by atoms with Gasteiger partial charge in [-0.15, -0.1) is 0 Å². The van der Waals surface area contributed by atoms with Gasteiger partial charge in [0.05, 0.1) is 11.7 Å². The van der Waals surface area contributed by atoms with E-state index in [9.17, 15) is 4.79 Å². The van der Waals surface area contributed by atoms with Crippen LogP contribution in [-0.2, 0) is 11.2 Å². The van der Waals surface area contributed by atoms with E-state index in [1.807, 2.05) is 32.0 Å². The molecule has 1 unspecified atom stereocenters. The van der Waals surface area contributed by atoms with Crippen LogP contribution in [0.3, 0.4) is 0 Å². The summed E-state index contributed by atoms with van der Waals surface area (Å²) < 4.78 is 0. The molecule has 0 aromatic carbocycles. The van der Waals surface area contributed by atoms with Crippen LogP contribution in [0.5, 0.6) is 0 Å². The highest BCUT2D eigenvalue weighted by Crippen LogP contribution is 2.34. The molecule has 6 heteroatoms. The van der Waals surface area contributed by atoms with E-state index in [0.29, 0.717) is 6.42 Å². The first kappa shape index (κ1) is 16.4. The summed E-state index contributed by atoms with van der Waals surface area (Å²) in [4.78, 5) is 26.4. The van der Waals surface area contributed by atoms with Gasteiger partial charge in [0.2, 0.25) is 0 Å². The lowest BCUT2D eigenvalue weighted by molar-refractivity contribution is -0.136. The first-order valence-corrected chi connectivity index (χ1v) is 8.27. The average Bonchev–Trinajstić information content (AvgIpc) is 3.02. The van der Waals surface area contributed by atoms with Gasteiger partial charge in [0, 0.05) is 30.4 Å². The minimum absolute atomic E-state index is 0.141. The molecule has 2 aromatic rings. The van der Waals surface area contributed by atoms with E-state index in [2.05, 4.69) is 14.9 Å². The Morgan fingerprint density at radius 1 is 1.25 bits per heavy atom. The second kappa shape index (κ2) is 6.95. The lowest BCUT2D eigenvalue weighted by Crippen LogP contribution is -2.24. The maximum atomic E-state index is 10.8. The molecule has 3 rings (SSSR count). The molecule has 0 aliphatic carbocycles. The zero-order valence-corrected chi connectivity index (χ0v) is 14.1. The van der Waals surface area contributed by atoms with Crippen LogP contribution in [0.4, 0.5) is 5.82 Å². The Hall–Kier alpha value is -2.50. The fourth-order valence-electron chi connectivity index (χ4n) is 3.28. The van der Waals surface area contributed by atoms with Gasteiger partial charge in [0.1, 0.15) is 12.1 Å². The Kier molecular flexibility index (Phi) is 4.74. The molecule has 0 radical (unpaired) electrons. The van der Waals surface area contributed by atoms with E-state index in [1.165, 1.54) is 0 Å². The molecule has 1 atom stereocenters. The van der Waals surface area contributed by atoms with Crippen molar-refractivity contribution in [1.29, 1.82) is 0 Å². The van der Waals surface area contributed by atoms with Crippen LogP contribution < -0.4 is 4.90 Å². The van der Waals surface area contributed by atoms with Gasteiger partial charge < -0.3 is 10.0 Å². The molecule has 1 aliphatic rings. The van der Waals surface area contributed by atoms with E-state index in [1.54, 1.807) is 6.33 Å². The normalized spacial score (nSPS) is 17.2. The predicted octanol–water partition coefficient (Wildman–Crippen LogP) is 2.85. The van der Waals surface area contributed by atoms with Gasteiger partial charge >= 0.3 is 5.97 Å². The van der Waals surface area contributed by atoms with Crippen LogP contribution in [0.15, 0.2) is 24.5 Å². The second-order valence-electron chi connectivity index (χ2n) is 6.30. The van der Waals surface area contributed by atoms with E-state index >= 15 is 0 Å². The molecule has 0 bridgehead atoms. The lowest BCUT2D eigenvalue weighted by Gasteiger charge is -2.26. The number of aliphatic carboxylic acids is 1. The standard InChI is InChI=1S/C18H22N4O2/c1-12-9-17(20-11-19-12)22-7-3-4-16(22)15-10-14(5-6-18(23)24)8-13(2)21-15/h8-11,16H,3-7H2,1-2H3,(H,23,24). The molecule has 3 heterocycles. The highest BCUT2D eigenvalue weighted by atomic mass is 16.4. The number of carboxylic acid groups (broad SMARTS) is 1. The summed E-state index contributed by atoms with van der Waals surface area (Å²) >= 11 is 0. The van der Waals surface area contributed by atoms with Crippen LogP contribution in [0.25, 0.3) is 0 Å². The van der Waals surface area contributed by atoms with Gasteiger partial charge in [0.15, 0.2) is 0 Å². The van der Waals surface area contributed by atoms with E-state index in [-0.39, 0.29) is 12.5 Å². The van der Waals surface area contributed by atoms with Crippen molar-refractivity contribution in [3.63, 3.8) is 0 Å². The number of pyridine rings is 1. The Morgan fingerprint density at radius 3 is 2.83 bits per heavy atom. The Morgan fingerprint density at radius 2 is 2.08 bits per heavy atom. The molecule has 2 aromatic heterocycles. The number of hydrogen-bond donors (Lipinski definition) is 1. The Balaban J connectivity index is 1.88. The summed E-state index contributed by atoms with van der Waals surface area (Å²) in [7, 11) is 0. The number of hydrogen-bond acceptors (Lipinski definition) is 5. The molecule has 0 saturated carbocycles. The molecule has 24 heavy (non-hydrogen) atoms. The van der Waals surface area contributed by atoms with Gasteiger partial charge in [-0.2, -0.15) is 0 Å². The summed E-state index contributed by atoms with van der Waals surface area (Å²) in [6.07, 6.45) is 4.39. The Bertz CT molecular complexity index is 748. The zero-order chi connectivity index (χ0) is 17.1. The summed E-state index contributed by atoms with van der Waals surface area (Å²) in [5, 5.41) is 8.90. The van der Waals surface area contributed by atoms with Crippen molar-refractivity contribution in [1.82, 2.24) is 15.0 Å². The number of aryl methyl sites for hydroxylation is 3. The predicted molar refractivity (Wildman–Crippen MR) is 91.0 cm³/mol. The molecule has 126 valence electrons. The van der Waals surface area contributed by atoms with Crippen molar-refractivity contribution in [3.05, 3.63) is 47.2 Å². The fraction of sp³-hybridized carbons (Fsp3) is 0.444. The van der Waals surface area contributed by atoms with E-state index in [0.717, 1.165) is 47.8 Å². The maximum absolute atomic E-state index is 10.8. The summed E-state index contributed by atoms with van der Waals surface area (Å²) in [5.74, 6) is 0.158. The van der Waals surface area contributed by atoms with Gasteiger partial charge in [-0.25, -0.2) is 9.97 Å². The summed E-state index contributed by atoms with van der Waals surface area (Å²) in [6, 6.07) is 6.20. The molecule has 1 saturated heterocycles. The highest BCUT2D eigenvalue weighted by molar-refractivity contribution is 5.67. The van der Waals surface area contributed by atoms with Crippen molar-refractivity contribution < 1.29 is 9.90 Å². The molecular formula is C18H22N4O2. The van der Waals surface area contributed by atoms with Crippen LogP contribution in [-0.4, -0.2) is 32.6 Å². The number of carboxylic acids is 1. The Labute approximate surface area is 141 Å². The number of rotatable bonds is 5. The largest absolute Gasteiger partial charge is 0.481 e. The van der Waals surface area contributed by atoms with Crippen molar-refractivity contribution in [2.24, 2.45) is 0 Å². The first-order valence-electron chi connectivity index (χ1n) is 8.27. The topological polar surface area (TPSA) is 79.2 Å². The van der Waals surface area contributed by atoms with E-state index in [4.69, 9.17) is 10.1 Å². The molecule has 1 fully saturated rings. The lowest BCUT2D eigenvalue weighted by atomic mass is 10.0. The average molecular weight is 326 g/mol. The fourth-order valence-corrected chi connectivity index (χ4v) is 3.28. The highest BCUT2D eigenvalue weighted by Gasteiger charge is 2.28. The third kappa shape index (κ3) is 3.69. The summed E-state index contributed by atoms with van der Waals surface area (Å²) in [6.45, 7) is 4.87. The third-order valence-corrected chi connectivity index (χ3v) is 4.34. The minimum Gasteiger partial charge on any atom is -0.481 e. The smallest absolute Gasteiger partial charge is 0.303 e. The number of anilines is 1. The van der Waals surface area contributed by atoms with Gasteiger partial charge in [-0.05, 0) is 50.8 Å². The molecule has 6 nitrogen and oxygen atoms in total. The van der Waals surface area contributed by atoms with Gasteiger partial charge in [-0.1, -0.05) is 0 Å². The number of nitrogens with zero attached hydrogens (tertiary/aromatic N) is 4. The second-order valence-corrected chi connectivity index (χ2v) is 6.30. The monoisotopic (exact) mass is 326 g/mol. The van der Waals surface area contributed by atoms with Crippen molar-refractivity contribution >= 4 is 11.8 Å². The quantitative estimate of drug-likeness (QED) is 0.910. The van der Waals surface area contributed by atoms with Crippen LogP contribution in [0.1, 0.15) is 47.9 Å². The van der Waals surface area contributed by atoms with Crippen LogP contribution >= 0.6 is 0 Å². The molecule has 1 N–H and O–H groups in total. The summed E-state index contributed by atoms with van der Waals surface area (Å²) in [5.41, 5.74) is 3.92. The van der Waals surface area contributed by atoms with E-state index < -0.39 is 5.97 Å². The maximum Gasteiger partial charge on any atom is 0.303 e. The SMILES string of the molecule is Cc1cc(N2CCCC2c2cc(CCC(=O)O)cc(C)n2)ncn1. The molecule has 0 amide bonds. The van der Waals surface area contributed by atoms with Gasteiger partial charge in [-0.3, -0.25) is 9.78 Å². The van der Waals surface area contributed by atoms with Crippen LogP contribution in [0, 0.1) is 13.8 Å². The van der Waals surface area contributed by atoms with Crippen molar-refractivity contribution in [3.8, 4) is 0 Å². The third-order valence-electron chi connectivity index (χ3n) is 4.34. The zero-order valence-electron chi connectivity index (χ0n) is 14.1. The van der Waals surface area contributed by atoms with Crippen LogP contribution in [0.2, 0.25) is 0 Å². The first-order chi connectivity index (χ1) is 11.5. The molecular weight excluding hydrogens is 304 g/mol. The number of carbonyl (C=O) groups is 1. The minimum atomic E-state index is -0.773. The number of aromatic nitrogens is 3. The molecule has 0 spiro atoms. The van der Waals surface area contributed by atoms with Crippen molar-refractivity contribution in [2.75, 3.05) is 11.4 Å².